The molecule has 4 atom stereocenters. The van der Waals surface area contributed by atoms with Gasteiger partial charge in [0.1, 0.15) is 0 Å². The van der Waals surface area contributed by atoms with Crippen molar-refractivity contribution in [3.05, 3.63) is 23.8 Å². The van der Waals surface area contributed by atoms with E-state index in [0.29, 0.717) is 24.7 Å². The number of hydrazine groups is 1. The molecule has 2 aliphatic heterocycles. The molecule has 1 aromatic carbocycles. The Hall–Kier alpha value is -1.05. The maximum atomic E-state index is 6.10. The number of hydrogen-bond donors (Lipinski definition) is 3. The number of halogens is 1. The van der Waals surface area contributed by atoms with Crippen molar-refractivity contribution in [2.75, 3.05) is 33.0 Å². The first-order valence-corrected chi connectivity index (χ1v) is 10.0. The molecule has 1 saturated heterocycles. The molecule has 0 spiro atoms. The normalized spacial score (nSPS) is 29.5. The van der Waals surface area contributed by atoms with Crippen molar-refractivity contribution in [3.63, 3.8) is 0 Å². The Balaban J connectivity index is 0.00000210. The first kappa shape index (κ1) is 20.7. The third-order valence-electron chi connectivity index (χ3n) is 5.90. The lowest BCUT2D eigenvalue weighted by Gasteiger charge is -2.29. The molecule has 2 heterocycles. The van der Waals surface area contributed by atoms with E-state index in [9.17, 15) is 0 Å². The first-order chi connectivity index (χ1) is 12.8. The molecule has 27 heavy (non-hydrogen) atoms. The van der Waals surface area contributed by atoms with E-state index in [0.717, 1.165) is 37.7 Å². The SMILES string of the molecule is CC1CCCCC1OCCNCC1CNNC1c1ccc2c(c1)OCO2.Cl. The van der Waals surface area contributed by atoms with Crippen molar-refractivity contribution in [2.45, 2.75) is 44.8 Å². The lowest BCUT2D eigenvalue weighted by Crippen LogP contribution is -2.33. The Kier molecular flexibility index (Phi) is 7.61. The fraction of sp³-hybridized carbons (Fsp3) is 0.700. The Bertz CT molecular complexity index is 604. The average Bonchev–Trinajstić information content (AvgIpc) is 3.31. The predicted octanol–water partition coefficient (Wildman–Crippen LogP) is 2.79. The van der Waals surface area contributed by atoms with Crippen LogP contribution in [0.5, 0.6) is 11.5 Å². The van der Waals surface area contributed by atoms with Crippen LogP contribution in [0.15, 0.2) is 18.2 Å². The smallest absolute Gasteiger partial charge is 0.231 e. The molecule has 152 valence electrons. The van der Waals surface area contributed by atoms with Crippen LogP contribution in [0.2, 0.25) is 0 Å². The number of benzene rings is 1. The highest BCUT2D eigenvalue weighted by atomic mass is 35.5. The molecule has 0 radical (unpaired) electrons. The van der Waals surface area contributed by atoms with Crippen LogP contribution < -0.4 is 25.6 Å². The number of ether oxygens (including phenoxy) is 3. The minimum Gasteiger partial charge on any atom is -0.454 e. The van der Waals surface area contributed by atoms with Gasteiger partial charge in [-0.3, -0.25) is 5.43 Å². The molecule has 4 rings (SSSR count). The molecule has 1 aliphatic carbocycles. The summed E-state index contributed by atoms with van der Waals surface area (Å²) in [5.41, 5.74) is 7.92. The quantitative estimate of drug-likeness (QED) is 0.615. The van der Waals surface area contributed by atoms with Crippen LogP contribution in [-0.2, 0) is 4.74 Å². The van der Waals surface area contributed by atoms with Gasteiger partial charge < -0.3 is 19.5 Å². The van der Waals surface area contributed by atoms with Gasteiger partial charge in [-0.15, -0.1) is 12.4 Å². The number of fused-ring (bicyclic) bond motifs is 1. The largest absolute Gasteiger partial charge is 0.454 e. The molecule has 3 N–H and O–H groups in total. The van der Waals surface area contributed by atoms with Crippen molar-refractivity contribution in [1.29, 1.82) is 0 Å². The van der Waals surface area contributed by atoms with Crippen LogP contribution in [0, 0.1) is 11.8 Å². The summed E-state index contributed by atoms with van der Waals surface area (Å²) in [7, 11) is 0. The van der Waals surface area contributed by atoms with Gasteiger partial charge in [0.05, 0.1) is 18.8 Å². The summed E-state index contributed by atoms with van der Waals surface area (Å²) in [6.07, 6.45) is 5.68. The van der Waals surface area contributed by atoms with Gasteiger partial charge in [-0.1, -0.05) is 25.8 Å². The standard InChI is InChI=1S/C20H31N3O3.ClH/c1-14-4-2-3-5-17(14)24-9-8-21-11-16-12-22-23-20(16)15-6-7-18-19(10-15)26-13-25-18;/h6-7,10,14,16-17,20-23H,2-5,8-9,11-13H2,1H3;1H. The Morgan fingerprint density at radius 3 is 2.93 bits per heavy atom. The molecule has 1 aromatic rings. The molecule has 3 aliphatic rings. The van der Waals surface area contributed by atoms with Gasteiger partial charge in [0.25, 0.3) is 0 Å². The van der Waals surface area contributed by atoms with E-state index < -0.39 is 0 Å². The van der Waals surface area contributed by atoms with Crippen LogP contribution in [0.4, 0.5) is 0 Å². The Morgan fingerprint density at radius 1 is 1.19 bits per heavy atom. The molecule has 7 heteroatoms. The fourth-order valence-electron chi connectivity index (χ4n) is 4.29. The zero-order valence-electron chi connectivity index (χ0n) is 16.0. The van der Waals surface area contributed by atoms with Crippen molar-refractivity contribution in [1.82, 2.24) is 16.2 Å². The first-order valence-electron chi connectivity index (χ1n) is 10.0. The number of nitrogens with one attached hydrogen (secondary N) is 3. The maximum Gasteiger partial charge on any atom is 0.231 e. The molecule has 6 nitrogen and oxygen atoms in total. The molecule has 0 bridgehead atoms. The van der Waals surface area contributed by atoms with Crippen LogP contribution >= 0.6 is 12.4 Å². The summed E-state index contributed by atoms with van der Waals surface area (Å²) in [6, 6.07) is 6.49. The van der Waals surface area contributed by atoms with E-state index in [1.165, 1.54) is 31.2 Å². The van der Waals surface area contributed by atoms with Crippen molar-refractivity contribution >= 4 is 12.4 Å². The summed E-state index contributed by atoms with van der Waals surface area (Å²) in [5, 5.41) is 3.57. The number of hydrogen-bond acceptors (Lipinski definition) is 6. The van der Waals surface area contributed by atoms with E-state index in [1.807, 2.05) is 6.07 Å². The highest BCUT2D eigenvalue weighted by Gasteiger charge is 2.29. The van der Waals surface area contributed by atoms with Gasteiger partial charge >= 0.3 is 0 Å². The summed E-state index contributed by atoms with van der Waals surface area (Å²) in [5.74, 6) is 2.88. The highest BCUT2D eigenvalue weighted by molar-refractivity contribution is 5.85. The molecule has 0 amide bonds. The van der Waals surface area contributed by atoms with Gasteiger partial charge in [-0.2, -0.15) is 0 Å². The van der Waals surface area contributed by atoms with E-state index in [2.05, 4.69) is 35.2 Å². The zero-order chi connectivity index (χ0) is 17.8. The molecule has 4 unspecified atom stereocenters. The van der Waals surface area contributed by atoms with E-state index in [4.69, 9.17) is 14.2 Å². The van der Waals surface area contributed by atoms with E-state index >= 15 is 0 Å². The summed E-state index contributed by atoms with van der Waals surface area (Å²) < 4.78 is 17.0. The lowest BCUT2D eigenvalue weighted by molar-refractivity contribution is -0.00332. The van der Waals surface area contributed by atoms with Crippen LogP contribution in [0.25, 0.3) is 0 Å². The summed E-state index contributed by atoms with van der Waals surface area (Å²) in [4.78, 5) is 0. The van der Waals surface area contributed by atoms with Crippen LogP contribution in [0.1, 0.15) is 44.2 Å². The topological polar surface area (TPSA) is 63.8 Å². The average molecular weight is 398 g/mol. The monoisotopic (exact) mass is 397 g/mol. The molecular weight excluding hydrogens is 366 g/mol. The summed E-state index contributed by atoms with van der Waals surface area (Å²) in [6.45, 7) is 6.27. The second-order valence-corrected chi connectivity index (χ2v) is 7.75. The molecule has 2 fully saturated rings. The van der Waals surface area contributed by atoms with Gasteiger partial charge in [-0.05, 0) is 36.5 Å². The molecule has 0 aromatic heterocycles. The van der Waals surface area contributed by atoms with Crippen molar-refractivity contribution in [2.24, 2.45) is 11.8 Å². The molecule has 1 saturated carbocycles. The third kappa shape index (κ3) is 5.06. The lowest BCUT2D eigenvalue weighted by atomic mass is 9.88. The minimum atomic E-state index is 0. The number of rotatable bonds is 7. The van der Waals surface area contributed by atoms with E-state index in [1.54, 1.807) is 0 Å². The minimum absolute atomic E-state index is 0. The van der Waals surface area contributed by atoms with Crippen molar-refractivity contribution in [3.8, 4) is 11.5 Å². The van der Waals surface area contributed by atoms with Crippen molar-refractivity contribution < 1.29 is 14.2 Å². The predicted molar refractivity (Wildman–Crippen MR) is 107 cm³/mol. The van der Waals surface area contributed by atoms with Gasteiger partial charge in [0.2, 0.25) is 6.79 Å². The molecular formula is C20H32ClN3O3. The zero-order valence-corrected chi connectivity index (χ0v) is 16.9. The van der Waals surface area contributed by atoms with Gasteiger partial charge in [0, 0.05) is 25.6 Å². The second-order valence-electron chi connectivity index (χ2n) is 7.75. The highest BCUT2D eigenvalue weighted by Crippen LogP contribution is 2.36. The third-order valence-corrected chi connectivity index (χ3v) is 5.90. The van der Waals surface area contributed by atoms with Crippen LogP contribution in [-0.4, -0.2) is 39.1 Å². The van der Waals surface area contributed by atoms with Gasteiger partial charge in [0.15, 0.2) is 11.5 Å². The Morgan fingerprint density at radius 2 is 2.04 bits per heavy atom. The fourth-order valence-corrected chi connectivity index (χ4v) is 4.29. The van der Waals surface area contributed by atoms with Gasteiger partial charge in [-0.25, -0.2) is 5.43 Å². The van der Waals surface area contributed by atoms with Crippen LogP contribution in [0.3, 0.4) is 0 Å². The summed E-state index contributed by atoms with van der Waals surface area (Å²) >= 11 is 0. The second kappa shape index (κ2) is 9.94. The maximum absolute atomic E-state index is 6.10. The Labute approximate surface area is 168 Å². The van der Waals surface area contributed by atoms with E-state index in [-0.39, 0.29) is 18.4 Å².